The molecular weight excluding hydrogens is 208 g/mol. The Morgan fingerprint density at radius 3 is 3.25 bits per heavy atom. The number of aromatic nitrogens is 2. The van der Waals surface area contributed by atoms with Gasteiger partial charge in [0.25, 0.3) is 5.56 Å². The number of rotatable bonds is 3. The monoisotopic (exact) mass is 224 g/mol. The van der Waals surface area contributed by atoms with Crippen molar-refractivity contribution in [1.29, 1.82) is 0 Å². The molecule has 2 heterocycles. The molecule has 1 aliphatic rings. The fourth-order valence-corrected chi connectivity index (χ4v) is 1.74. The van der Waals surface area contributed by atoms with Crippen molar-refractivity contribution in [2.24, 2.45) is 0 Å². The molecule has 0 aliphatic carbocycles. The summed E-state index contributed by atoms with van der Waals surface area (Å²) >= 11 is 0. The lowest BCUT2D eigenvalue weighted by Gasteiger charge is -2.28. The van der Waals surface area contributed by atoms with Crippen molar-refractivity contribution in [3.05, 3.63) is 22.7 Å². The molecule has 16 heavy (non-hydrogen) atoms. The van der Waals surface area contributed by atoms with Crippen molar-refractivity contribution in [3.63, 3.8) is 0 Å². The maximum absolute atomic E-state index is 11.5. The van der Waals surface area contributed by atoms with E-state index in [1.807, 2.05) is 11.9 Å². The molecule has 1 aromatic heterocycles. The highest BCUT2D eigenvalue weighted by molar-refractivity contribution is 5.33. The van der Waals surface area contributed by atoms with Crippen LogP contribution in [-0.2, 0) is 4.74 Å². The van der Waals surface area contributed by atoms with Crippen LogP contribution in [0, 0.1) is 0 Å². The van der Waals surface area contributed by atoms with Gasteiger partial charge in [-0.25, -0.2) is 4.98 Å². The third-order valence-electron chi connectivity index (χ3n) is 2.53. The van der Waals surface area contributed by atoms with E-state index in [0.29, 0.717) is 12.4 Å². The first kappa shape index (κ1) is 11.1. The molecule has 1 saturated heterocycles. The molecule has 88 valence electrons. The van der Waals surface area contributed by atoms with E-state index < -0.39 is 0 Å². The number of H-pyrrole nitrogens is 1. The van der Waals surface area contributed by atoms with Crippen LogP contribution in [0.5, 0.6) is 0 Å². The predicted octanol–water partition coefficient (Wildman–Crippen LogP) is -0.805. The fourth-order valence-electron chi connectivity index (χ4n) is 1.74. The van der Waals surface area contributed by atoms with E-state index in [0.717, 1.165) is 19.7 Å². The molecule has 1 aromatic rings. The van der Waals surface area contributed by atoms with Gasteiger partial charge in [-0.2, -0.15) is 0 Å². The third kappa shape index (κ3) is 2.59. The van der Waals surface area contributed by atoms with E-state index in [1.54, 1.807) is 6.20 Å². The van der Waals surface area contributed by atoms with Crippen LogP contribution in [0.25, 0.3) is 0 Å². The topological polar surface area (TPSA) is 70.2 Å². The Hall–Kier alpha value is -1.40. The minimum atomic E-state index is -0.172. The van der Waals surface area contributed by atoms with E-state index in [4.69, 9.17) is 4.74 Å². The van der Waals surface area contributed by atoms with Crippen LogP contribution >= 0.6 is 0 Å². The number of morpholine rings is 1. The van der Waals surface area contributed by atoms with Gasteiger partial charge < -0.3 is 19.9 Å². The van der Waals surface area contributed by atoms with Gasteiger partial charge in [0.05, 0.1) is 12.7 Å². The Bertz CT molecular complexity index is 386. The molecule has 6 nitrogen and oxygen atoms in total. The summed E-state index contributed by atoms with van der Waals surface area (Å²) in [4.78, 5) is 20.0. The average Bonchev–Trinajstić information content (AvgIpc) is 2.31. The van der Waals surface area contributed by atoms with Gasteiger partial charge in [-0.15, -0.1) is 0 Å². The lowest BCUT2D eigenvalue weighted by atomic mass is 10.3. The highest BCUT2D eigenvalue weighted by Gasteiger charge is 2.17. The summed E-state index contributed by atoms with van der Waals surface area (Å²) in [5, 5.41) is 3.25. The molecule has 0 saturated carbocycles. The Balaban J connectivity index is 1.99. The van der Waals surface area contributed by atoms with Crippen LogP contribution in [0.2, 0.25) is 0 Å². The molecule has 6 heteroatoms. The zero-order valence-corrected chi connectivity index (χ0v) is 9.27. The van der Waals surface area contributed by atoms with E-state index in [-0.39, 0.29) is 11.7 Å². The van der Waals surface area contributed by atoms with E-state index in [1.165, 1.54) is 6.20 Å². The van der Waals surface area contributed by atoms with Crippen molar-refractivity contribution in [2.45, 2.75) is 6.10 Å². The van der Waals surface area contributed by atoms with Crippen molar-refractivity contribution in [2.75, 3.05) is 38.2 Å². The molecule has 0 aromatic carbocycles. The van der Waals surface area contributed by atoms with Gasteiger partial charge in [0.2, 0.25) is 0 Å². The maximum atomic E-state index is 11.5. The van der Waals surface area contributed by atoms with Crippen LogP contribution < -0.4 is 15.8 Å². The lowest BCUT2D eigenvalue weighted by molar-refractivity contribution is 0.0339. The first-order chi connectivity index (χ1) is 7.77. The van der Waals surface area contributed by atoms with Crippen LogP contribution in [0.3, 0.4) is 0 Å². The SMILES string of the molecule is CN(CC1CNCCO1)c1ncc[nH]c1=O. The van der Waals surface area contributed by atoms with Gasteiger partial charge >= 0.3 is 0 Å². The molecule has 2 N–H and O–H groups in total. The summed E-state index contributed by atoms with van der Waals surface area (Å²) < 4.78 is 5.57. The lowest BCUT2D eigenvalue weighted by Crippen LogP contribution is -2.45. The zero-order chi connectivity index (χ0) is 11.4. The van der Waals surface area contributed by atoms with Crippen molar-refractivity contribution in [3.8, 4) is 0 Å². The maximum Gasteiger partial charge on any atom is 0.290 e. The van der Waals surface area contributed by atoms with E-state index in [2.05, 4.69) is 15.3 Å². The van der Waals surface area contributed by atoms with E-state index in [9.17, 15) is 4.79 Å². The van der Waals surface area contributed by atoms with Gasteiger partial charge in [-0.1, -0.05) is 0 Å². The Kier molecular flexibility index (Phi) is 3.53. The zero-order valence-electron chi connectivity index (χ0n) is 9.27. The second kappa shape index (κ2) is 5.09. The van der Waals surface area contributed by atoms with Gasteiger partial charge in [0.15, 0.2) is 5.82 Å². The normalized spacial score (nSPS) is 20.7. The standard InChI is InChI=1S/C10H16N4O2/c1-14(7-8-6-11-4-5-16-8)9-10(15)13-3-2-12-9/h2-3,8,11H,4-7H2,1H3,(H,13,15). The Morgan fingerprint density at radius 1 is 1.69 bits per heavy atom. The number of nitrogens with zero attached hydrogens (tertiary/aromatic N) is 2. The summed E-state index contributed by atoms with van der Waals surface area (Å²) in [5.41, 5.74) is -0.172. The first-order valence-corrected chi connectivity index (χ1v) is 5.34. The molecule has 0 spiro atoms. The second-order valence-corrected chi connectivity index (χ2v) is 3.82. The van der Waals surface area contributed by atoms with Crippen LogP contribution in [0.4, 0.5) is 5.82 Å². The minimum absolute atomic E-state index is 0.111. The van der Waals surface area contributed by atoms with E-state index >= 15 is 0 Å². The number of ether oxygens (including phenoxy) is 1. The molecule has 1 fully saturated rings. The average molecular weight is 224 g/mol. The van der Waals surface area contributed by atoms with Gasteiger partial charge in [-0.3, -0.25) is 4.79 Å². The summed E-state index contributed by atoms with van der Waals surface area (Å²) in [6.07, 6.45) is 3.21. The number of nitrogens with one attached hydrogen (secondary N) is 2. The van der Waals surface area contributed by atoms with Crippen LogP contribution in [0.1, 0.15) is 0 Å². The Labute approximate surface area is 93.6 Å². The molecule has 2 rings (SSSR count). The van der Waals surface area contributed by atoms with Crippen LogP contribution in [-0.4, -0.2) is 49.4 Å². The summed E-state index contributed by atoms with van der Waals surface area (Å²) in [6.45, 7) is 3.09. The molecule has 0 amide bonds. The number of anilines is 1. The van der Waals surface area contributed by atoms with Gasteiger partial charge in [0.1, 0.15) is 0 Å². The summed E-state index contributed by atoms with van der Waals surface area (Å²) in [7, 11) is 1.84. The number of aromatic amines is 1. The smallest absolute Gasteiger partial charge is 0.290 e. The number of hydrogen-bond acceptors (Lipinski definition) is 5. The molecule has 0 radical (unpaired) electrons. The predicted molar refractivity (Wildman–Crippen MR) is 60.7 cm³/mol. The van der Waals surface area contributed by atoms with Crippen molar-refractivity contribution >= 4 is 5.82 Å². The second-order valence-electron chi connectivity index (χ2n) is 3.82. The number of likely N-dealkylation sites (N-methyl/N-ethyl adjacent to an activating group) is 1. The highest BCUT2D eigenvalue weighted by atomic mass is 16.5. The molecule has 1 aliphatic heterocycles. The minimum Gasteiger partial charge on any atom is -0.374 e. The first-order valence-electron chi connectivity index (χ1n) is 5.34. The van der Waals surface area contributed by atoms with Crippen molar-refractivity contribution in [1.82, 2.24) is 15.3 Å². The fraction of sp³-hybridized carbons (Fsp3) is 0.600. The largest absolute Gasteiger partial charge is 0.374 e. The molecular formula is C10H16N4O2. The molecule has 1 unspecified atom stereocenters. The van der Waals surface area contributed by atoms with Gasteiger partial charge in [-0.05, 0) is 0 Å². The third-order valence-corrected chi connectivity index (χ3v) is 2.53. The summed E-state index contributed by atoms with van der Waals surface area (Å²) in [6, 6.07) is 0. The molecule has 0 bridgehead atoms. The van der Waals surface area contributed by atoms with Crippen LogP contribution in [0.15, 0.2) is 17.2 Å². The highest BCUT2D eigenvalue weighted by Crippen LogP contribution is 2.03. The Morgan fingerprint density at radius 2 is 2.56 bits per heavy atom. The van der Waals surface area contributed by atoms with Crippen molar-refractivity contribution < 1.29 is 4.74 Å². The number of hydrogen-bond donors (Lipinski definition) is 2. The van der Waals surface area contributed by atoms with Gasteiger partial charge in [0, 0.05) is 39.1 Å². The quantitative estimate of drug-likeness (QED) is 0.703. The molecule has 1 atom stereocenters. The summed E-state index contributed by atoms with van der Waals surface area (Å²) in [5.74, 6) is 0.427.